The standard InChI is InChI=1S/C11H10F11NO/c1-3-4(2)23-5(24)6(12)7(13,14)9(17,18)11(21,22)10(19,20)8(6,15)16/h4H,3H2,1-2H3,(H,23,24). The van der Waals surface area contributed by atoms with Crippen molar-refractivity contribution in [3.05, 3.63) is 0 Å². The van der Waals surface area contributed by atoms with Crippen molar-refractivity contribution < 1.29 is 53.1 Å². The number of carbonyl (C=O) groups excluding carboxylic acids is 1. The van der Waals surface area contributed by atoms with Crippen LogP contribution in [0.1, 0.15) is 20.3 Å². The van der Waals surface area contributed by atoms with Gasteiger partial charge in [0.15, 0.2) is 0 Å². The van der Waals surface area contributed by atoms with Gasteiger partial charge in [-0.2, -0.15) is 43.9 Å². The van der Waals surface area contributed by atoms with E-state index in [9.17, 15) is 53.1 Å². The van der Waals surface area contributed by atoms with E-state index in [2.05, 4.69) is 0 Å². The van der Waals surface area contributed by atoms with E-state index in [1.165, 1.54) is 6.92 Å². The Morgan fingerprint density at radius 2 is 1.04 bits per heavy atom. The summed E-state index contributed by atoms with van der Waals surface area (Å²) in [6.45, 7) is 2.13. The minimum absolute atomic E-state index is 0.220. The zero-order chi connectivity index (χ0) is 19.6. The lowest BCUT2D eigenvalue weighted by atomic mass is 9.71. The summed E-state index contributed by atoms with van der Waals surface area (Å²) in [6.07, 6.45) is -0.220. The fourth-order valence-electron chi connectivity index (χ4n) is 1.93. The average Bonchev–Trinajstić information content (AvgIpc) is 2.43. The SMILES string of the molecule is CCC(C)NC(=O)C1(F)C(F)(F)C(F)(F)C(F)(F)C(F)(F)C1(F)F. The molecule has 1 aliphatic rings. The molecule has 0 aromatic carbocycles. The molecule has 142 valence electrons. The van der Waals surface area contributed by atoms with Crippen molar-refractivity contribution in [1.82, 2.24) is 5.32 Å². The van der Waals surface area contributed by atoms with Crippen molar-refractivity contribution in [3.63, 3.8) is 0 Å². The maximum Gasteiger partial charge on any atom is 0.384 e. The Hall–Kier alpha value is -1.30. The van der Waals surface area contributed by atoms with Crippen LogP contribution in [0.25, 0.3) is 0 Å². The van der Waals surface area contributed by atoms with Crippen molar-refractivity contribution in [2.24, 2.45) is 0 Å². The number of rotatable bonds is 3. The summed E-state index contributed by atoms with van der Waals surface area (Å²) in [4.78, 5) is 11.3. The first-order chi connectivity index (χ1) is 10.4. The van der Waals surface area contributed by atoms with Gasteiger partial charge < -0.3 is 5.32 Å². The molecule has 0 spiro atoms. The molecule has 0 aromatic heterocycles. The molecule has 1 atom stereocenters. The Morgan fingerprint density at radius 3 is 1.33 bits per heavy atom. The van der Waals surface area contributed by atoms with E-state index in [0.29, 0.717) is 0 Å². The molecule has 0 heterocycles. The highest BCUT2D eigenvalue weighted by molar-refractivity contribution is 5.89. The van der Waals surface area contributed by atoms with E-state index in [1.54, 1.807) is 0 Å². The van der Waals surface area contributed by atoms with Gasteiger partial charge in [-0.25, -0.2) is 4.39 Å². The molecule has 0 saturated heterocycles. The second kappa shape index (κ2) is 5.10. The molecule has 1 unspecified atom stereocenters. The highest BCUT2D eigenvalue weighted by Gasteiger charge is 3.02. The Kier molecular flexibility index (Phi) is 4.41. The van der Waals surface area contributed by atoms with E-state index in [0.717, 1.165) is 12.2 Å². The largest absolute Gasteiger partial charge is 0.384 e. The third-order valence-electron chi connectivity index (χ3n) is 3.75. The molecule has 13 heteroatoms. The molecule has 2 nitrogen and oxygen atoms in total. The summed E-state index contributed by atoms with van der Waals surface area (Å²) in [5.41, 5.74) is -6.61. The molecular weight excluding hydrogens is 371 g/mol. The lowest BCUT2D eigenvalue weighted by Gasteiger charge is -2.51. The Labute approximate surface area is 127 Å². The van der Waals surface area contributed by atoms with Crippen LogP contribution < -0.4 is 5.32 Å². The minimum atomic E-state index is -7.32. The predicted octanol–water partition coefficient (Wildman–Crippen LogP) is 3.80. The minimum Gasteiger partial charge on any atom is -0.350 e. The van der Waals surface area contributed by atoms with Crippen LogP contribution in [-0.4, -0.2) is 47.2 Å². The fraction of sp³-hybridized carbons (Fsp3) is 0.909. The van der Waals surface area contributed by atoms with Gasteiger partial charge in [0.1, 0.15) is 0 Å². The van der Waals surface area contributed by atoms with Crippen LogP contribution in [0.15, 0.2) is 0 Å². The molecule has 0 aromatic rings. The van der Waals surface area contributed by atoms with Crippen LogP contribution in [-0.2, 0) is 4.79 Å². The number of hydrogen-bond donors (Lipinski definition) is 1. The summed E-state index contributed by atoms with van der Waals surface area (Å²) >= 11 is 0. The first-order valence-corrected chi connectivity index (χ1v) is 6.26. The van der Waals surface area contributed by atoms with E-state index in [4.69, 9.17) is 0 Å². The first-order valence-electron chi connectivity index (χ1n) is 6.26. The zero-order valence-electron chi connectivity index (χ0n) is 11.9. The summed E-state index contributed by atoms with van der Waals surface area (Å²) < 4.78 is 147. The van der Waals surface area contributed by atoms with Gasteiger partial charge in [0.2, 0.25) is 0 Å². The van der Waals surface area contributed by atoms with Crippen LogP contribution in [0, 0.1) is 0 Å². The highest BCUT2D eigenvalue weighted by atomic mass is 19.4. The van der Waals surface area contributed by atoms with E-state index in [1.807, 2.05) is 0 Å². The molecule has 1 N–H and O–H groups in total. The summed E-state index contributed by atoms with van der Waals surface area (Å²) in [7, 11) is 0. The van der Waals surface area contributed by atoms with Gasteiger partial charge >= 0.3 is 35.3 Å². The third-order valence-corrected chi connectivity index (χ3v) is 3.75. The van der Waals surface area contributed by atoms with Crippen molar-refractivity contribution in [3.8, 4) is 0 Å². The summed E-state index contributed by atoms with van der Waals surface area (Å²) in [5, 5.41) is 1.07. The predicted molar refractivity (Wildman–Crippen MR) is 56.5 cm³/mol. The Morgan fingerprint density at radius 1 is 0.750 bits per heavy atom. The lowest BCUT2D eigenvalue weighted by Crippen LogP contribution is -2.86. The second-order valence-electron chi connectivity index (χ2n) is 5.31. The van der Waals surface area contributed by atoms with E-state index < -0.39 is 47.2 Å². The van der Waals surface area contributed by atoms with Crippen molar-refractivity contribution in [2.45, 2.75) is 61.6 Å². The van der Waals surface area contributed by atoms with Gasteiger partial charge in [-0.1, -0.05) is 6.92 Å². The molecule has 1 rings (SSSR count). The van der Waals surface area contributed by atoms with E-state index >= 15 is 0 Å². The van der Waals surface area contributed by atoms with Gasteiger partial charge in [0, 0.05) is 6.04 Å². The number of alkyl halides is 11. The molecule has 1 amide bonds. The Bertz CT molecular complexity index is 500. The first kappa shape index (κ1) is 20.7. The topological polar surface area (TPSA) is 29.1 Å². The number of carbonyl (C=O) groups is 1. The van der Waals surface area contributed by atoms with Crippen LogP contribution in [0.3, 0.4) is 0 Å². The number of amides is 1. The highest BCUT2D eigenvalue weighted by Crippen LogP contribution is 2.69. The van der Waals surface area contributed by atoms with E-state index in [-0.39, 0.29) is 6.42 Å². The third kappa shape index (κ3) is 1.92. The van der Waals surface area contributed by atoms with Crippen molar-refractivity contribution >= 4 is 5.91 Å². The van der Waals surface area contributed by atoms with Crippen molar-refractivity contribution in [2.75, 3.05) is 0 Å². The maximum absolute atomic E-state index is 14.1. The van der Waals surface area contributed by atoms with Crippen LogP contribution in [0.2, 0.25) is 0 Å². The zero-order valence-corrected chi connectivity index (χ0v) is 11.9. The second-order valence-corrected chi connectivity index (χ2v) is 5.31. The van der Waals surface area contributed by atoms with Crippen LogP contribution in [0.4, 0.5) is 48.3 Å². The van der Waals surface area contributed by atoms with Gasteiger partial charge in [-0.05, 0) is 13.3 Å². The number of nitrogens with one attached hydrogen (secondary N) is 1. The van der Waals surface area contributed by atoms with Gasteiger partial charge in [0.05, 0.1) is 0 Å². The normalized spacial score (nSPS) is 29.5. The molecule has 1 fully saturated rings. The molecular formula is C11H10F11NO. The van der Waals surface area contributed by atoms with Crippen molar-refractivity contribution in [1.29, 1.82) is 0 Å². The average molecular weight is 381 g/mol. The molecule has 1 saturated carbocycles. The Balaban J connectivity index is 3.72. The smallest absolute Gasteiger partial charge is 0.350 e. The molecule has 1 aliphatic carbocycles. The number of halogens is 11. The fourth-order valence-corrected chi connectivity index (χ4v) is 1.93. The van der Waals surface area contributed by atoms with Gasteiger partial charge in [0.25, 0.3) is 5.91 Å². The maximum atomic E-state index is 14.1. The summed E-state index contributed by atoms with van der Waals surface area (Å²) in [5.74, 6) is -39.4. The quantitative estimate of drug-likeness (QED) is 0.741. The number of hydrogen-bond acceptors (Lipinski definition) is 1. The van der Waals surface area contributed by atoms with Gasteiger partial charge in [-0.15, -0.1) is 0 Å². The van der Waals surface area contributed by atoms with Crippen LogP contribution in [0.5, 0.6) is 0 Å². The monoisotopic (exact) mass is 381 g/mol. The lowest BCUT2D eigenvalue weighted by molar-refractivity contribution is -0.476. The molecule has 0 radical (unpaired) electrons. The van der Waals surface area contributed by atoms with Crippen LogP contribution >= 0.6 is 0 Å². The molecule has 0 aliphatic heterocycles. The summed E-state index contributed by atoms with van der Waals surface area (Å²) in [6, 6.07) is -1.37. The van der Waals surface area contributed by atoms with Gasteiger partial charge in [-0.3, -0.25) is 4.79 Å². The molecule has 0 bridgehead atoms. The molecule has 24 heavy (non-hydrogen) atoms.